The van der Waals surface area contributed by atoms with Gasteiger partial charge in [-0.3, -0.25) is 4.79 Å². The van der Waals surface area contributed by atoms with E-state index in [9.17, 15) is 4.79 Å². The monoisotopic (exact) mass is 238 g/mol. The predicted octanol–water partition coefficient (Wildman–Crippen LogP) is 2.97. The van der Waals surface area contributed by atoms with Gasteiger partial charge in [-0.15, -0.1) is 0 Å². The number of rotatable bonds is 2. The van der Waals surface area contributed by atoms with Crippen LogP contribution >= 0.6 is 11.6 Å². The lowest BCUT2D eigenvalue weighted by Crippen LogP contribution is -2.28. The minimum absolute atomic E-state index is 0.0928. The maximum absolute atomic E-state index is 11.8. The van der Waals surface area contributed by atoms with Gasteiger partial charge in [0.05, 0.1) is 10.7 Å². The van der Waals surface area contributed by atoms with Crippen LogP contribution in [-0.2, 0) is 4.79 Å². The van der Waals surface area contributed by atoms with Gasteiger partial charge >= 0.3 is 0 Å². The average molecular weight is 239 g/mol. The van der Waals surface area contributed by atoms with Gasteiger partial charge in [0.15, 0.2) is 0 Å². The highest BCUT2D eigenvalue weighted by Gasteiger charge is 2.25. The number of carbonyl (C=O) groups excluding carboxylic acids is 1. The largest absolute Gasteiger partial charge is 0.398 e. The van der Waals surface area contributed by atoms with Crippen LogP contribution < -0.4 is 11.1 Å². The van der Waals surface area contributed by atoms with Gasteiger partial charge in [0.25, 0.3) is 0 Å². The maximum atomic E-state index is 11.8. The van der Waals surface area contributed by atoms with E-state index in [-0.39, 0.29) is 11.8 Å². The fourth-order valence-electron chi connectivity index (χ4n) is 1.74. The predicted molar refractivity (Wildman–Crippen MR) is 66.6 cm³/mol. The van der Waals surface area contributed by atoms with E-state index in [2.05, 4.69) is 5.32 Å². The van der Waals surface area contributed by atoms with E-state index in [1.165, 1.54) is 0 Å². The van der Waals surface area contributed by atoms with Crippen LogP contribution in [0.5, 0.6) is 0 Å². The number of nitrogens with one attached hydrogen (secondary N) is 1. The number of carbonyl (C=O) groups is 1. The van der Waals surface area contributed by atoms with Crippen molar-refractivity contribution in [3.63, 3.8) is 0 Å². The number of aryl methyl sites for hydroxylation is 1. The Morgan fingerprint density at radius 2 is 2.19 bits per heavy atom. The average Bonchev–Trinajstić information content (AvgIpc) is 2.11. The molecule has 0 heterocycles. The molecule has 86 valence electrons. The molecule has 1 amide bonds. The highest BCUT2D eigenvalue weighted by molar-refractivity contribution is 6.33. The van der Waals surface area contributed by atoms with Crippen LogP contribution in [0.3, 0.4) is 0 Å². The van der Waals surface area contributed by atoms with E-state index in [1.54, 1.807) is 12.1 Å². The number of benzene rings is 1. The summed E-state index contributed by atoms with van der Waals surface area (Å²) in [5, 5.41) is 3.38. The minimum atomic E-state index is 0.0928. The van der Waals surface area contributed by atoms with Gasteiger partial charge in [-0.25, -0.2) is 0 Å². The summed E-state index contributed by atoms with van der Waals surface area (Å²) in [4.78, 5) is 11.8. The summed E-state index contributed by atoms with van der Waals surface area (Å²) in [5.41, 5.74) is 7.91. The Morgan fingerprint density at radius 3 is 2.75 bits per heavy atom. The van der Waals surface area contributed by atoms with Crippen LogP contribution in [0.15, 0.2) is 12.1 Å². The van der Waals surface area contributed by atoms with Crippen molar-refractivity contribution in [2.24, 2.45) is 5.92 Å². The van der Waals surface area contributed by atoms with Crippen molar-refractivity contribution in [3.05, 3.63) is 22.7 Å². The Bertz CT molecular complexity index is 427. The lowest BCUT2D eigenvalue weighted by Gasteiger charge is -2.24. The van der Waals surface area contributed by atoms with Crippen molar-refractivity contribution in [1.29, 1.82) is 0 Å². The first-order valence-electron chi connectivity index (χ1n) is 5.44. The second-order valence-corrected chi connectivity index (χ2v) is 4.71. The van der Waals surface area contributed by atoms with Crippen molar-refractivity contribution >= 4 is 28.9 Å². The standard InChI is InChI=1S/C12H15ClN2O/c1-7-5-10(14)9(13)6-11(7)15-12(16)8-3-2-4-8/h5-6,8H,2-4,14H2,1H3,(H,15,16). The molecule has 0 bridgehead atoms. The summed E-state index contributed by atoms with van der Waals surface area (Å²) >= 11 is 5.92. The molecular weight excluding hydrogens is 224 g/mol. The Hall–Kier alpha value is -1.22. The van der Waals surface area contributed by atoms with E-state index in [0.29, 0.717) is 10.7 Å². The van der Waals surface area contributed by atoms with Crippen molar-refractivity contribution in [2.45, 2.75) is 26.2 Å². The second-order valence-electron chi connectivity index (χ2n) is 4.31. The van der Waals surface area contributed by atoms with E-state index in [0.717, 1.165) is 30.5 Å². The number of nitrogens with two attached hydrogens (primary N) is 1. The molecule has 1 aromatic carbocycles. The first kappa shape index (κ1) is 11.3. The molecule has 0 atom stereocenters. The molecule has 0 unspecified atom stereocenters. The van der Waals surface area contributed by atoms with Gasteiger partial charge < -0.3 is 11.1 Å². The lowest BCUT2D eigenvalue weighted by molar-refractivity contribution is -0.122. The third-order valence-electron chi connectivity index (χ3n) is 3.08. The second kappa shape index (κ2) is 4.34. The third kappa shape index (κ3) is 2.14. The smallest absolute Gasteiger partial charge is 0.227 e. The SMILES string of the molecule is Cc1cc(N)c(Cl)cc1NC(=O)C1CCC1. The number of hydrogen-bond acceptors (Lipinski definition) is 2. The molecule has 3 N–H and O–H groups in total. The molecule has 1 aliphatic rings. The van der Waals surface area contributed by atoms with Crippen LogP contribution in [0.25, 0.3) is 0 Å². The molecule has 0 radical (unpaired) electrons. The molecule has 3 nitrogen and oxygen atoms in total. The Labute approximate surface area is 100.0 Å². The van der Waals surface area contributed by atoms with Crippen molar-refractivity contribution in [3.8, 4) is 0 Å². The fourth-order valence-corrected chi connectivity index (χ4v) is 1.91. The quantitative estimate of drug-likeness (QED) is 0.779. The molecule has 1 aliphatic carbocycles. The van der Waals surface area contributed by atoms with Gasteiger partial charge in [0.1, 0.15) is 0 Å². The topological polar surface area (TPSA) is 55.1 Å². The molecule has 0 spiro atoms. The van der Waals surface area contributed by atoms with Crippen LogP contribution in [0.2, 0.25) is 5.02 Å². The van der Waals surface area contributed by atoms with Gasteiger partial charge in [0, 0.05) is 11.6 Å². The molecule has 2 rings (SSSR count). The minimum Gasteiger partial charge on any atom is -0.398 e. The van der Waals surface area contributed by atoms with E-state index < -0.39 is 0 Å². The summed E-state index contributed by atoms with van der Waals surface area (Å²) in [7, 11) is 0. The van der Waals surface area contributed by atoms with Crippen LogP contribution in [0.1, 0.15) is 24.8 Å². The highest BCUT2D eigenvalue weighted by Crippen LogP contribution is 2.30. The van der Waals surface area contributed by atoms with Crippen LogP contribution in [0.4, 0.5) is 11.4 Å². The number of nitrogen functional groups attached to an aromatic ring is 1. The first-order valence-corrected chi connectivity index (χ1v) is 5.82. The number of hydrogen-bond donors (Lipinski definition) is 2. The van der Waals surface area contributed by atoms with Crippen molar-refractivity contribution in [1.82, 2.24) is 0 Å². The van der Waals surface area contributed by atoms with Crippen molar-refractivity contribution < 1.29 is 4.79 Å². The van der Waals surface area contributed by atoms with E-state index in [4.69, 9.17) is 17.3 Å². The van der Waals surface area contributed by atoms with E-state index in [1.807, 2.05) is 6.92 Å². The Balaban J connectivity index is 2.14. The first-order chi connectivity index (χ1) is 7.58. The summed E-state index contributed by atoms with van der Waals surface area (Å²) in [6, 6.07) is 3.49. The molecule has 0 aromatic heterocycles. The van der Waals surface area contributed by atoms with Crippen LogP contribution in [0, 0.1) is 12.8 Å². The molecule has 16 heavy (non-hydrogen) atoms. The van der Waals surface area contributed by atoms with Crippen LogP contribution in [-0.4, -0.2) is 5.91 Å². The normalized spacial score (nSPS) is 15.6. The van der Waals surface area contributed by atoms with Crippen molar-refractivity contribution in [2.75, 3.05) is 11.1 Å². The fraction of sp³-hybridized carbons (Fsp3) is 0.417. The zero-order valence-corrected chi connectivity index (χ0v) is 9.97. The summed E-state index contributed by atoms with van der Waals surface area (Å²) < 4.78 is 0. The molecule has 0 aliphatic heterocycles. The Morgan fingerprint density at radius 1 is 1.50 bits per heavy atom. The van der Waals surface area contributed by atoms with Gasteiger partial charge in [-0.2, -0.15) is 0 Å². The summed E-state index contributed by atoms with van der Waals surface area (Å²) in [6.45, 7) is 1.91. The maximum Gasteiger partial charge on any atom is 0.227 e. The molecule has 0 saturated heterocycles. The number of amides is 1. The van der Waals surface area contributed by atoms with Gasteiger partial charge in [0.2, 0.25) is 5.91 Å². The molecule has 1 fully saturated rings. The summed E-state index contributed by atoms with van der Waals surface area (Å²) in [6.07, 6.45) is 3.14. The lowest BCUT2D eigenvalue weighted by atomic mass is 9.85. The molecule has 1 aromatic rings. The van der Waals surface area contributed by atoms with Gasteiger partial charge in [-0.1, -0.05) is 18.0 Å². The highest BCUT2D eigenvalue weighted by atomic mass is 35.5. The number of anilines is 2. The van der Waals surface area contributed by atoms with Gasteiger partial charge in [-0.05, 0) is 37.5 Å². The summed E-state index contributed by atoms with van der Waals surface area (Å²) in [5.74, 6) is 0.269. The Kier molecular flexibility index (Phi) is 3.06. The number of halogens is 1. The molecule has 4 heteroatoms. The van der Waals surface area contributed by atoms with E-state index >= 15 is 0 Å². The third-order valence-corrected chi connectivity index (χ3v) is 3.40. The zero-order valence-electron chi connectivity index (χ0n) is 9.22. The zero-order chi connectivity index (χ0) is 11.7. The molecular formula is C12H15ClN2O. The molecule has 1 saturated carbocycles.